The van der Waals surface area contributed by atoms with Crippen LogP contribution in [-0.2, 0) is 4.74 Å². The normalized spacial score (nSPS) is 23.9. The fourth-order valence-electron chi connectivity index (χ4n) is 2.55. The van der Waals surface area contributed by atoms with Crippen LogP contribution in [0.5, 0.6) is 0 Å². The standard InChI is InChI=1S/C12H16N4O2/c1-7-4-9-11(13)14-6-15-12(9)16(7)10-3-2-8(5-17)18-10/h4,6,8,10,17H,2-3,5H2,1H3,(H2,13,14,15). The molecule has 0 saturated carbocycles. The smallest absolute Gasteiger partial charge is 0.147 e. The monoisotopic (exact) mass is 248 g/mol. The molecule has 18 heavy (non-hydrogen) atoms. The van der Waals surface area contributed by atoms with Crippen molar-refractivity contribution in [3.05, 3.63) is 18.1 Å². The molecule has 0 amide bonds. The highest BCUT2D eigenvalue weighted by Gasteiger charge is 2.28. The Morgan fingerprint density at radius 1 is 1.50 bits per heavy atom. The summed E-state index contributed by atoms with van der Waals surface area (Å²) in [6.45, 7) is 2.06. The number of hydrogen-bond acceptors (Lipinski definition) is 5. The van der Waals surface area contributed by atoms with Crippen molar-refractivity contribution < 1.29 is 9.84 Å². The first-order valence-electron chi connectivity index (χ1n) is 6.05. The Morgan fingerprint density at radius 2 is 2.33 bits per heavy atom. The average Bonchev–Trinajstić information content (AvgIpc) is 2.93. The number of anilines is 1. The lowest BCUT2D eigenvalue weighted by Crippen LogP contribution is -2.15. The highest BCUT2D eigenvalue weighted by Crippen LogP contribution is 2.33. The van der Waals surface area contributed by atoms with Gasteiger partial charge in [-0.2, -0.15) is 0 Å². The lowest BCUT2D eigenvalue weighted by molar-refractivity contribution is -0.0212. The van der Waals surface area contributed by atoms with Crippen molar-refractivity contribution in [1.29, 1.82) is 0 Å². The topological polar surface area (TPSA) is 86.2 Å². The number of aromatic nitrogens is 3. The van der Waals surface area contributed by atoms with Gasteiger partial charge in [0.15, 0.2) is 0 Å². The van der Waals surface area contributed by atoms with Crippen molar-refractivity contribution in [2.24, 2.45) is 0 Å². The number of fused-ring (bicyclic) bond motifs is 1. The van der Waals surface area contributed by atoms with E-state index in [1.54, 1.807) is 0 Å². The molecule has 0 radical (unpaired) electrons. The minimum Gasteiger partial charge on any atom is -0.394 e. The maximum Gasteiger partial charge on any atom is 0.147 e. The van der Waals surface area contributed by atoms with E-state index >= 15 is 0 Å². The summed E-state index contributed by atoms with van der Waals surface area (Å²) < 4.78 is 7.83. The molecule has 96 valence electrons. The maximum absolute atomic E-state index is 9.13. The quantitative estimate of drug-likeness (QED) is 0.827. The second kappa shape index (κ2) is 4.22. The average molecular weight is 248 g/mol. The van der Waals surface area contributed by atoms with Crippen molar-refractivity contribution in [3.8, 4) is 0 Å². The molecule has 2 aromatic heterocycles. The van der Waals surface area contributed by atoms with Gasteiger partial charge < -0.3 is 20.1 Å². The van der Waals surface area contributed by atoms with Crippen molar-refractivity contribution in [2.75, 3.05) is 12.3 Å². The van der Waals surface area contributed by atoms with Crippen LogP contribution in [0, 0.1) is 6.92 Å². The lowest BCUT2D eigenvalue weighted by atomic mass is 10.2. The molecule has 6 heteroatoms. The Balaban J connectivity index is 2.07. The molecule has 2 aromatic rings. The summed E-state index contributed by atoms with van der Waals surface area (Å²) in [5.41, 5.74) is 7.68. The number of aliphatic hydroxyl groups is 1. The Kier molecular flexibility index (Phi) is 2.68. The van der Waals surface area contributed by atoms with Crippen molar-refractivity contribution in [2.45, 2.75) is 32.1 Å². The molecule has 1 saturated heterocycles. The van der Waals surface area contributed by atoms with Crippen LogP contribution in [0.15, 0.2) is 12.4 Å². The van der Waals surface area contributed by atoms with Crippen LogP contribution in [0.4, 0.5) is 5.82 Å². The number of nitrogens with zero attached hydrogens (tertiary/aromatic N) is 3. The molecule has 0 spiro atoms. The Bertz CT molecular complexity index is 581. The van der Waals surface area contributed by atoms with Crippen molar-refractivity contribution in [3.63, 3.8) is 0 Å². The van der Waals surface area contributed by atoms with Crippen LogP contribution in [0.3, 0.4) is 0 Å². The summed E-state index contributed by atoms with van der Waals surface area (Å²) in [6, 6.07) is 1.97. The van der Waals surface area contributed by atoms with Crippen LogP contribution >= 0.6 is 0 Å². The first-order chi connectivity index (χ1) is 8.70. The van der Waals surface area contributed by atoms with Crippen LogP contribution in [0.1, 0.15) is 24.8 Å². The second-order valence-electron chi connectivity index (χ2n) is 4.62. The number of aliphatic hydroxyl groups excluding tert-OH is 1. The molecule has 1 aliphatic heterocycles. The molecule has 3 heterocycles. The molecule has 1 fully saturated rings. The Morgan fingerprint density at radius 3 is 3.06 bits per heavy atom. The van der Waals surface area contributed by atoms with E-state index in [-0.39, 0.29) is 18.9 Å². The fourth-order valence-corrected chi connectivity index (χ4v) is 2.55. The van der Waals surface area contributed by atoms with Crippen LogP contribution < -0.4 is 5.73 Å². The van der Waals surface area contributed by atoms with Gasteiger partial charge in [0, 0.05) is 5.69 Å². The molecule has 6 nitrogen and oxygen atoms in total. The van der Waals surface area contributed by atoms with Gasteiger partial charge in [-0.1, -0.05) is 0 Å². The zero-order chi connectivity index (χ0) is 12.7. The second-order valence-corrected chi connectivity index (χ2v) is 4.62. The highest BCUT2D eigenvalue weighted by atomic mass is 16.5. The van der Waals surface area contributed by atoms with Gasteiger partial charge in [0.1, 0.15) is 24.0 Å². The first kappa shape index (κ1) is 11.4. The van der Waals surface area contributed by atoms with Crippen molar-refractivity contribution in [1.82, 2.24) is 14.5 Å². The molecule has 3 N–H and O–H groups in total. The van der Waals surface area contributed by atoms with Gasteiger partial charge >= 0.3 is 0 Å². The number of aryl methyl sites for hydroxylation is 1. The van der Waals surface area contributed by atoms with Crippen LogP contribution in [0.25, 0.3) is 11.0 Å². The highest BCUT2D eigenvalue weighted by molar-refractivity contribution is 5.87. The van der Waals surface area contributed by atoms with E-state index < -0.39 is 0 Å². The Hall–Kier alpha value is -1.66. The fraction of sp³-hybridized carbons (Fsp3) is 0.500. The molecular weight excluding hydrogens is 232 g/mol. The summed E-state index contributed by atoms with van der Waals surface area (Å²) in [5.74, 6) is 0.485. The van der Waals surface area contributed by atoms with E-state index in [0.717, 1.165) is 29.6 Å². The van der Waals surface area contributed by atoms with Gasteiger partial charge in [-0.05, 0) is 25.8 Å². The number of hydrogen-bond donors (Lipinski definition) is 2. The maximum atomic E-state index is 9.13. The summed E-state index contributed by atoms with van der Waals surface area (Å²) >= 11 is 0. The third-order valence-corrected chi connectivity index (χ3v) is 3.43. The van der Waals surface area contributed by atoms with Crippen LogP contribution in [0.2, 0.25) is 0 Å². The predicted octanol–water partition coefficient (Wildman–Crippen LogP) is 0.992. The number of ether oxygens (including phenoxy) is 1. The van der Waals surface area contributed by atoms with E-state index in [9.17, 15) is 0 Å². The molecule has 3 rings (SSSR count). The van der Waals surface area contributed by atoms with Gasteiger partial charge in [0.25, 0.3) is 0 Å². The minimum absolute atomic E-state index is 0.0614. The van der Waals surface area contributed by atoms with E-state index in [1.165, 1.54) is 6.33 Å². The zero-order valence-electron chi connectivity index (χ0n) is 10.2. The van der Waals surface area contributed by atoms with Gasteiger partial charge in [-0.25, -0.2) is 9.97 Å². The zero-order valence-corrected chi connectivity index (χ0v) is 10.2. The minimum atomic E-state index is -0.0777. The summed E-state index contributed by atoms with van der Waals surface area (Å²) in [7, 11) is 0. The summed E-state index contributed by atoms with van der Waals surface area (Å²) in [4.78, 5) is 8.28. The molecule has 0 bridgehead atoms. The lowest BCUT2D eigenvalue weighted by Gasteiger charge is -2.16. The molecule has 2 atom stereocenters. The van der Waals surface area contributed by atoms with Gasteiger partial charge in [-0.3, -0.25) is 0 Å². The number of nitrogens with two attached hydrogens (primary N) is 1. The predicted molar refractivity (Wildman–Crippen MR) is 66.9 cm³/mol. The molecule has 2 unspecified atom stereocenters. The third kappa shape index (κ3) is 1.65. The molecular formula is C12H16N4O2. The first-order valence-corrected chi connectivity index (χ1v) is 6.05. The summed E-state index contributed by atoms with van der Waals surface area (Å²) in [5, 5.41) is 9.98. The number of nitrogen functional groups attached to an aromatic ring is 1. The summed E-state index contributed by atoms with van der Waals surface area (Å²) in [6.07, 6.45) is 3.05. The largest absolute Gasteiger partial charge is 0.394 e. The number of rotatable bonds is 2. The van der Waals surface area contributed by atoms with E-state index in [0.29, 0.717) is 5.82 Å². The van der Waals surface area contributed by atoms with E-state index in [2.05, 4.69) is 9.97 Å². The van der Waals surface area contributed by atoms with Gasteiger partial charge in [0.2, 0.25) is 0 Å². The molecule has 1 aliphatic rings. The van der Waals surface area contributed by atoms with Crippen molar-refractivity contribution >= 4 is 16.9 Å². The Labute approximate surface area is 104 Å². The third-order valence-electron chi connectivity index (χ3n) is 3.43. The molecule has 0 aliphatic carbocycles. The van der Waals surface area contributed by atoms with Gasteiger partial charge in [0.05, 0.1) is 18.1 Å². The van der Waals surface area contributed by atoms with E-state index in [4.69, 9.17) is 15.6 Å². The van der Waals surface area contributed by atoms with Gasteiger partial charge in [-0.15, -0.1) is 0 Å². The van der Waals surface area contributed by atoms with Crippen LogP contribution in [-0.4, -0.2) is 32.4 Å². The SMILES string of the molecule is Cc1cc2c(N)ncnc2n1C1CCC(CO)O1. The van der Waals surface area contributed by atoms with E-state index in [1.807, 2.05) is 17.6 Å². The molecule has 0 aromatic carbocycles.